The van der Waals surface area contributed by atoms with Crippen molar-refractivity contribution < 1.29 is 4.79 Å². The highest BCUT2D eigenvalue weighted by Gasteiger charge is 2.24. The van der Waals surface area contributed by atoms with Gasteiger partial charge in [0.2, 0.25) is 5.91 Å². The summed E-state index contributed by atoms with van der Waals surface area (Å²) in [7, 11) is 2.02. The van der Waals surface area contributed by atoms with Crippen molar-refractivity contribution in [2.24, 2.45) is 0 Å². The third kappa shape index (κ3) is 3.45. The molecule has 1 heterocycles. The molecule has 0 aromatic heterocycles. The van der Waals surface area contributed by atoms with E-state index in [-0.39, 0.29) is 11.9 Å². The monoisotopic (exact) mass is 308 g/mol. The van der Waals surface area contributed by atoms with Gasteiger partial charge in [-0.3, -0.25) is 9.69 Å². The fourth-order valence-corrected chi connectivity index (χ4v) is 3.21. The maximum absolute atomic E-state index is 12.8. The molecular formula is C20H24N2O. The lowest BCUT2D eigenvalue weighted by atomic mass is 10.0. The molecule has 1 amide bonds. The normalized spacial score (nSPS) is 15.3. The van der Waals surface area contributed by atoms with Crippen molar-refractivity contribution in [3.8, 4) is 0 Å². The fourth-order valence-electron chi connectivity index (χ4n) is 3.21. The van der Waals surface area contributed by atoms with Gasteiger partial charge in [-0.2, -0.15) is 0 Å². The van der Waals surface area contributed by atoms with Crippen LogP contribution in [0.1, 0.15) is 30.5 Å². The van der Waals surface area contributed by atoms with E-state index in [2.05, 4.69) is 42.2 Å². The van der Waals surface area contributed by atoms with Gasteiger partial charge < -0.3 is 4.90 Å². The van der Waals surface area contributed by atoms with Gasteiger partial charge in [-0.05, 0) is 44.0 Å². The standard InChI is InChI=1S/C20H24N2O/c1-16(17-9-4-3-5-10-17)21(2)15-20(23)22-14-8-12-18-11-6-7-13-19(18)22/h3-7,9-11,13,16H,8,12,14-15H2,1-2H3/t16-/m1/s1. The van der Waals surface area contributed by atoms with E-state index in [0.717, 1.165) is 25.1 Å². The number of anilines is 1. The van der Waals surface area contributed by atoms with E-state index >= 15 is 0 Å². The van der Waals surface area contributed by atoms with Gasteiger partial charge in [-0.1, -0.05) is 48.5 Å². The smallest absolute Gasteiger partial charge is 0.241 e. The first-order valence-electron chi connectivity index (χ1n) is 8.30. The first kappa shape index (κ1) is 15.8. The molecule has 2 aromatic rings. The van der Waals surface area contributed by atoms with E-state index in [0.29, 0.717) is 6.54 Å². The van der Waals surface area contributed by atoms with Crippen molar-refractivity contribution >= 4 is 11.6 Å². The van der Waals surface area contributed by atoms with Crippen molar-refractivity contribution in [2.75, 3.05) is 25.0 Å². The molecule has 1 atom stereocenters. The number of rotatable bonds is 4. The summed E-state index contributed by atoms with van der Waals surface area (Å²) in [6.45, 7) is 3.40. The van der Waals surface area contributed by atoms with E-state index in [4.69, 9.17) is 0 Å². The van der Waals surface area contributed by atoms with Gasteiger partial charge in [0, 0.05) is 18.3 Å². The summed E-state index contributed by atoms with van der Waals surface area (Å²) in [5, 5.41) is 0. The summed E-state index contributed by atoms with van der Waals surface area (Å²) in [5.74, 6) is 0.183. The van der Waals surface area contributed by atoms with Crippen molar-refractivity contribution in [3.05, 3.63) is 65.7 Å². The average molecular weight is 308 g/mol. The van der Waals surface area contributed by atoms with Gasteiger partial charge in [0.05, 0.1) is 6.54 Å². The van der Waals surface area contributed by atoms with Gasteiger partial charge in [-0.25, -0.2) is 0 Å². The van der Waals surface area contributed by atoms with Crippen LogP contribution in [0.3, 0.4) is 0 Å². The molecular weight excluding hydrogens is 284 g/mol. The van der Waals surface area contributed by atoms with Crippen molar-refractivity contribution in [3.63, 3.8) is 0 Å². The zero-order valence-corrected chi connectivity index (χ0v) is 13.9. The number of fused-ring (bicyclic) bond motifs is 1. The molecule has 120 valence electrons. The molecule has 3 rings (SSSR count). The number of hydrogen-bond acceptors (Lipinski definition) is 2. The topological polar surface area (TPSA) is 23.6 Å². The molecule has 0 N–H and O–H groups in total. The molecule has 23 heavy (non-hydrogen) atoms. The minimum Gasteiger partial charge on any atom is -0.311 e. The molecule has 1 aliphatic heterocycles. The number of likely N-dealkylation sites (N-methyl/N-ethyl adjacent to an activating group) is 1. The van der Waals surface area contributed by atoms with Crippen molar-refractivity contribution in [1.82, 2.24) is 4.90 Å². The Morgan fingerprint density at radius 2 is 1.83 bits per heavy atom. The van der Waals surface area contributed by atoms with Gasteiger partial charge in [0.25, 0.3) is 0 Å². The molecule has 0 saturated heterocycles. The number of aryl methyl sites for hydroxylation is 1. The largest absolute Gasteiger partial charge is 0.311 e. The van der Waals surface area contributed by atoms with Crippen LogP contribution in [0.5, 0.6) is 0 Å². The lowest BCUT2D eigenvalue weighted by Gasteiger charge is -2.32. The number of nitrogens with zero attached hydrogens (tertiary/aromatic N) is 2. The Morgan fingerprint density at radius 1 is 1.13 bits per heavy atom. The fraction of sp³-hybridized carbons (Fsp3) is 0.350. The second kappa shape index (κ2) is 6.97. The molecule has 3 heteroatoms. The minimum absolute atomic E-state index is 0.183. The number of carbonyl (C=O) groups is 1. The Kier molecular flexibility index (Phi) is 4.77. The molecule has 0 fully saturated rings. The SMILES string of the molecule is C[C@H](c1ccccc1)N(C)CC(=O)N1CCCc2ccccc21. The summed E-state index contributed by atoms with van der Waals surface area (Å²) in [6.07, 6.45) is 2.11. The van der Waals surface area contributed by atoms with Gasteiger partial charge in [0.15, 0.2) is 0 Å². The highest BCUT2D eigenvalue weighted by Crippen LogP contribution is 2.27. The zero-order valence-electron chi connectivity index (χ0n) is 13.9. The van der Waals surface area contributed by atoms with Crippen LogP contribution in [0.4, 0.5) is 5.69 Å². The predicted molar refractivity (Wildman–Crippen MR) is 94.6 cm³/mol. The number of hydrogen-bond donors (Lipinski definition) is 0. The maximum atomic E-state index is 12.8. The van der Waals surface area contributed by atoms with Crippen LogP contribution in [0.15, 0.2) is 54.6 Å². The summed E-state index contributed by atoms with van der Waals surface area (Å²) in [6, 6.07) is 18.8. The molecule has 0 radical (unpaired) electrons. The Bertz CT molecular complexity index is 668. The third-order valence-electron chi connectivity index (χ3n) is 4.74. The quantitative estimate of drug-likeness (QED) is 0.860. The van der Waals surface area contributed by atoms with Crippen molar-refractivity contribution in [2.45, 2.75) is 25.8 Å². The van der Waals surface area contributed by atoms with Crippen molar-refractivity contribution in [1.29, 1.82) is 0 Å². The van der Waals surface area contributed by atoms with E-state index < -0.39 is 0 Å². The molecule has 0 spiro atoms. The van der Waals surface area contributed by atoms with Crippen LogP contribution in [0, 0.1) is 0 Å². The van der Waals surface area contributed by atoms with E-state index in [1.54, 1.807) is 0 Å². The maximum Gasteiger partial charge on any atom is 0.241 e. The predicted octanol–water partition coefficient (Wildman–Crippen LogP) is 3.66. The average Bonchev–Trinajstić information content (AvgIpc) is 2.61. The highest BCUT2D eigenvalue weighted by molar-refractivity contribution is 5.95. The Hall–Kier alpha value is -2.13. The van der Waals surface area contributed by atoms with Crippen LogP contribution in [0.25, 0.3) is 0 Å². The first-order valence-corrected chi connectivity index (χ1v) is 8.30. The summed E-state index contributed by atoms with van der Waals surface area (Å²) >= 11 is 0. The number of carbonyl (C=O) groups excluding carboxylic acids is 1. The lowest BCUT2D eigenvalue weighted by molar-refractivity contribution is -0.120. The van der Waals surface area contributed by atoms with E-state index in [1.165, 1.54) is 11.1 Å². The Labute approximate surface area is 138 Å². The molecule has 0 unspecified atom stereocenters. The molecule has 0 saturated carbocycles. The first-order chi connectivity index (χ1) is 11.2. The second-order valence-electron chi connectivity index (χ2n) is 6.28. The van der Waals surface area contributed by atoms with Gasteiger partial charge in [-0.15, -0.1) is 0 Å². The summed E-state index contributed by atoms with van der Waals surface area (Å²) in [5.41, 5.74) is 3.61. The lowest BCUT2D eigenvalue weighted by Crippen LogP contribution is -2.42. The second-order valence-corrected chi connectivity index (χ2v) is 6.28. The molecule has 3 nitrogen and oxygen atoms in total. The van der Waals surface area contributed by atoms with Gasteiger partial charge in [0.1, 0.15) is 0 Å². The van der Waals surface area contributed by atoms with Crippen LogP contribution in [0.2, 0.25) is 0 Å². The molecule has 0 bridgehead atoms. The minimum atomic E-state index is 0.183. The van der Waals surface area contributed by atoms with Crippen LogP contribution in [-0.2, 0) is 11.2 Å². The molecule has 2 aromatic carbocycles. The molecule has 1 aliphatic rings. The number of benzene rings is 2. The summed E-state index contributed by atoms with van der Waals surface area (Å²) in [4.78, 5) is 16.9. The van der Waals surface area contributed by atoms with Gasteiger partial charge >= 0.3 is 0 Å². The third-order valence-corrected chi connectivity index (χ3v) is 4.74. The highest BCUT2D eigenvalue weighted by atomic mass is 16.2. The Morgan fingerprint density at radius 3 is 2.61 bits per heavy atom. The number of para-hydroxylation sites is 1. The summed E-state index contributed by atoms with van der Waals surface area (Å²) < 4.78 is 0. The Balaban J connectivity index is 1.70. The van der Waals surface area contributed by atoms with E-state index in [1.807, 2.05) is 36.2 Å². The van der Waals surface area contributed by atoms with Crippen LogP contribution >= 0.6 is 0 Å². The number of amides is 1. The zero-order chi connectivity index (χ0) is 16.2. The van der Waals surface area contributed by atoms with Crippen LogP contribution < -0.4 is 4.90 Å². The molecule has 0 aliphatic carbocycles. The van der Waals surface area contributed by atoms with Crippen LogP contribution in [-0.4, -0.2) is 30.9 Å². The van der Waals surface area contributed by atoms with E-state index in [9.17, 15) is 4.79 Å².